The smallest absolute Gasteiger partial charge is 0.132 e. The van der Waals surface area contributed by atoms with Crippen LogP contribution in [-0.2, 0) is 22.3 Å². The second kappa shape index (κ2) is 11.3. The number of hydrogen-bond acceptors (Lipinski definition) is 4. The van der Waals surface area contributed by atoms with E-state index < -0.39 is 0 Å². The highest BCUT2D eigenvalue weighted by Crippen LogP contribution is 2.64. The summed E-state index contributed by atoms with van der Waals surface area (Å²) < 4.78 is 0. The van der Waals surface area contributed by atoms with Gasteiger partial charge in [0, 0.05) is 32.4 Å². The van der Waals surface area contributed by atoms with Gasteiger partial charge in [0.2, 0.25) is 0 Å². The maximum atomic E-state index is 11.8. The summed E-state index contributed by atoms with van der Waals surface area (Å²) in [6.07, 6.45) is 16.2. The molecule has 0 amide bonds. The Labute approximate surface area is 284 Å². The molecule has 242 valence electrons. The lowest BCUT2D eigenvalue weighted by molar-refractivity contribution is -0.00646. The van der Waals surface area contributed by atoms with E-state index in [2.05, 4.69) is 62.4 Å². The molecule has 4 heteroatoms. The molecule has 8 saturated carbocycles. The lowest BCUT2D eigenvalue weighted by Gasteiger charge is -2.57. The molecule has 46 heavy (non-hydrogen) atoms. The normalized spacial score (nSPS) is 35.3. The van der Waals surface area contributed by atoms with Crippen LogP contribution >= 0.6 is 23.5 Å². The molecule has 3 aromatic carbocycles. The predicted molar refractivity (Wildman–Crippen MR) is 191 cm³/mol. The Hall–Kier alpha value is -2.04. The van der Waals surface area contributed by atoms with E-state index in [1.54, 1.807) is 23.5 Å². The molecule has 0 radical (unpaired) electrons. The van der Waals surface area contributed by atoms with E-state index in [0.717, 1.165) is 56.8 Å². The van der Waals surface area contributed by atoms with Gasteiger partial charge in [-0.2, -0.15) is 0 Å². The van der Waals surface area contributed by atoms with Gasteiger partial charge in [-0.15, -0.1) is 23.5 Å². The van der Waals surface area contributed by atoms with Gasteiger partial charge in [0.15, 0.2) is 0 Å². The highest BCUT2D eigenvalue weighted by atomic mass is 32.2. The number of phenolic OH excluding ortho intramolecular Hbond substituents is 2. The molecule has 2 nitrogen and oxygen atoms in total. The summed E-state index contributed by atoms with van der Waals surface area (Å²) in [5, 5.41) is 23.6. The maximum Gasteiger partial charge on any atom is 0.132 e. The Kier molecular flexibility index (Phi) is 7.36. The lowest BCUT2D eigenvalue weighted by Crippen LogP contribution is -2.48. The van der Waals surface area contributed by atoms with Crippen molar-refractivity contribution in [2.24, 2.45) is 35.5 Å². The van der Waals surface area contributed by atoms with Crippen molar-refractivity contribution in [3.63, 3.8) is 0 Å². The molecule has 3 aromatic rings. The van der Waals surface area contributed by atoms with Crippen LogP contribution < -0.4 is 0 Å². The summed E-state index contributed by atoms with van der Waals surface area (Å²) in [5.74, 6) is 7.99. The number of phenols is 2. The van der Waals surface area contributed by atoms with Crippen LogP contribution in [0.3, 0.4) is 0 Å². The van der Waals surface area contributed by atoms with Crippen LogP contribution in [0.15, 0.2) is 58.3 Å². The molecule has 0 aliphatic heterocycles. The van der Waals surface area contributed by atoms with Gasteiger partial charge in [0.05, 0.1) is 0 Å². The largest absolute Gasteiger partial charge is 0.506 e. The fourth-order valence-corrected chi connectivity index (χ4v) is 14.8. The average molecular weight is 651 g/mol. The fourth-order valence-electron chi connectivity index (χ4n) is 12.6. The van der Waals surface area contributed by atoms with Crippen molar-refractivity contribution in [2.45, 2.75) is 123 Å². The van der Waals surface area contributed by atoms with Crippen molar-refractivity contribution >= 4 is 23.5 Å². The van der Waals surface area contributed by atoms with Gasteiger partial charge in [-0.3, -0.25) is 0 Å². The molecule has 11 rings (SSSR count). The quantitative estimate of drug-likeness (QED) is 0.238. The van der Waals surface area contributed by atoms with Crippen LogP contribution in [-0.4, -0.2) is 10.2 Å². The lowest BCUT2D eigenvalue weighted by atomic mass is 9.48. The molecule has 8 aliphatic carbocycles. The van der Waals surface area contributed by atoms with Gasteiger partial charge >= 0.3 is 0 Å². The number of aromatic hydroxyl groups is 2. The first-order chi connectivity index (χ1) is 22.2. The summed E-state index contributed by atoms with van der Waals surface area (Å²) in [6.45, 7) is 4.42. The van der Waals surface area contributed by atoms with Gasteiger partial charge < -0.3 is 10.2 Å². The first kappa shape index (κ1) is 30.1. The van der Waals surface area contributed by atoms with Crippen molar-refractivity contribution in [1.82, 2.24) is 0 Å². The zero-order valence-electron chi connectivity index (χ0n) is 27.7. The van der Waals surface area contributed by atoms with E-state index in [0.29, 0.717) is 11.5 Å². The highest BCUT2D eigenvalue weighted by molar-refractivity contribution is 7.99. The van der Waals surface area contributed by atoms with Gasteiger partial charge in [-0.25, -0.2) is 0 Å². The molecule has 8 aliphatic rings. The number of aryl methyl sites for hydroxylation is 2. The molecular formula is C42H50O2S2. The molecule has 0 aromatic heterocycles. The van der Waals surface area contributed by atoms with Crippen molar-refractivity contribution < 1.29 is 10.2 Å². The minimum Gasteiger partial charge on any atom is -0.506 e. The van der Waals surface area contributed by atoms with E-state index in [1.165, 1.54) is 110 Å². The summed E-state index contributed by atoms with van der Waals surface area (Å²) in [4.78, 5) is 2.09. The van der Waals surface area contributed by atoms with E-state index in [1.807, 2.05) is 0 Å². The first-order valence-electron chi connectivity index (χ1n) is 18.2. The van der Waals surface area contributed by atoms with Crippen molar-refractivity contribution in [3.05, 3.63) is 81.9 Å². The monoisotopic (exact) mass is 650 g/mol. The Morgan fingerprint density at radius 3 is 1.20 bits per heavy atom. The zero-order chi connectivity index (χ0) is 31.2. The van der Waals surface area contributed by atoms with Gasteiger partial charge in [-0.1, -0.05) is 36.4 Å². The second-order valence-electron chi connectivity index (χ2n) is 17.1. The topological polar surface area (TPSA) is 40.5 Å². The first-order valence-corrected chi connectivity index (χ1v) is 20.2. The molecule has 0 heterocycles. The molecule has 8 bridgehead atoms. The summed E-state index contributed by atoms with van der Waals surface area (Å²) >= 11 is 3.60. The van der Waals surface area contributed by atoms with Gasteiger partial charge in [0.25, 0.3) is 0 Å². The van der Waals surface area contributed by atoms with Gasteiger partial charge in [-0.05, 0) is 172 Å². The molecular weight excluding hydrogens is 601 g/mol. The third-order valence-electron chi connectivity index (χ3n) is 13.5. The van der Waals surface area contributed by atoms with Crippen molar-refractivity contribution in [2.75, 3.05) is 0 Å². The standard InChI is InChI=1S/C42H50O2S2/c1-25-7-35(41-17-27-11-28(18-41)13-29(12-27)19-41)39(43)37(9-25)45-23-33-5-3-4-6-34(33)24-46-38-10-26(2)8-36(40(38)44)42-20-30-14-31(21-42)16-32(15-30)22-42/h3-10,27-32,43-44H,11-24H2,1-2H3. The van der Waals surface area contributed by atoms with E-state index in [9.17, 15) is 10.2 Å². The minimum absolute atomic E-state index is 0.194. The minimum atomic E-state index is 0.194. The van der Waals surface area contributed by atoms with E-state index in [-0.39, 0.29) is 10.8 Å². The third kappa shape index (κ3) is 5.15. The number of thioether (sulfide) groups is 2. The van der Waals surface area contributed by atoms with Crippen molar-refractivity contribution in [3.8, 4) is 11.5 Å². The van der Waals surface area contributed by atoms with Gasteiger partial charge in [0.1, 0.15) is 11.5 Å². The number of benzene rings is 3. The van der Waals surface area contributed by atoms with Crippen LogP contribution in [0.2, 0.25) is 0 Å². The Morgan fingerprint density at radius 1 is 0.543 bits per heavy atom. The molecule has 2 N–H and O–H groups in total. The molecule has 8 fully saturated rings. The zero-order valence-corrected chi connectivity index (χ0v) is 29.3. The molecule has 0 unspecified atom stereocenters. The third-order valence-corrected chi connectivity index (χ3v) is 15.7. The highest BCUT2D eigenvalue weighted by Gasteiger charge is 2.54. The van der Waals surface area contributed by atoms with Crippen LogP contribution in [0, 0.1) is 49.4 Å². The second-order valence-corrected chi connectivity index (χ2v) is 19.1. The fraction of sp³-hybridized carbons (Fsp3) is 0.571. The Bertz CT molecular complexity index is 1480. The Balaban J connectivity index is 0.940. The molecule has 0 saturated heterocycles. The number of rotatable bonds is 8. The predicted octanol–water partition coefficient (Wildman–Crippen LogP) is 11.2. The average Bonchev–Trinajstić information content (AvgIpc) is 3.00. The van der Waals surface area contributed by atoms with Crippen LogP contribution in [0.4, 0.5) is 0 Å². The molecule has 0 atom stereocenters. The van der Waals surface area contributed by atoms with Crippen molar-refractivity contribution in [1.29, 1.82) is 0 Å². The summed E-state index contributed by atoms with van der Waals surface area (Å²) in [7, 11) is 0. The summed E-state index contributed by atoms with van der Waals surface area (Å²) in [6, 6.07) is 17.9. The summed E-state index contributed by atoms with van der Waals surface area (Å²) in [5.41, 5.74) is 8.10. The van der Waals surface area contributed by atoms with Crippen LogP contribution in [0.25, 0.3) is 0 Å². The van der Waals surface area contributed by atoms with Crippen LogP contribution in [0.1, 0.15) is 110 Å². The maximum absolute atomic E-state index is 11.8. The number of hydrogen-bond donors (Lipinski definition) is 2. The Morgan fingerprint density at radius 2 is 0.870 bits per heavy atom. The SMILES string of the molecule is Cc1cc(SCc2ccccc2CSc2cc(C)cc(C34CC5CC(CC(C5)C3)C4)c2O)c(O)c(C23CC4CC(CC(C4)C2)C3)c1. The molecule has 0 spiro atoms. The van der Waals surface area contributed by atoms with Crippen LogP contribution in [0.5, 0.6) is 11.5 Å². The van der Waals surface area contributed by atoms with E-state index >= 15 is 0 Å². The van der Waals surface area contributed by atoms with E-state index in [4.69, 9.17) is 0 Å².